The number of hydrogen-bond donors (Lipinski definition) is 1. The summed E-state index contributed by atoms with van der Waals surface area (Å²) in [5.41, 5.74) is 1.26. The van der Waals surface area contributed by atoms with Gasteiger partial charge >= 0.3 is 0 Å². The zero-order valence-electron chi connectivity index (χ0n) is 7.60. The van der Waals surface area contributed by atoms with Crippen LogP contribution in [0, 0.1) is 11.8 Å². The Morgan fingerprint density at radius 1 is 1.38 bits per heavy atom. The predicted molar refractivity (Wildman–Crippen MR) is 59.3 cm³/mol. The van der Waals surface area contributed by atoms with E-state index >= 15 is 0 Å². The van der Waals surface area contributed by atoms with Gasteiger partial charge in [0.15, 0.2) is 0 Å². The Bertz CT molecular complexity index is 322. The molecule has 0 amide bonds. The summed E-state index contributed by atoms with van der Waals surface area (Å²) < 4.78 is 1.15. The molecule has 0 aromatic heterocycles. The van der Waals surface area contributed by atoms with Crippen LogP contribution < -0.4 is 5.32 Å². The Morgan fingerprint density at radius 3 is 2.85 bits per heavy atom. The van der Waals surface area contributed by atoms with E-state index in [-0.39, 0.29) is 0 Å². The van der Waals surface area contributed by atoms with E-state index in [0.29, 0.717) is 0 Å². The van der Waals surface area contributed by atoms with Crippen molar-refractivity contribution in [1.82, 2.24) is 5.32 Å². The molecule has 13 heavy (non-hydrogen) atoms. The number of rotatable bonds is 3. The van der Waals surface area contributed by atoms with E-state index in [1.54, 1.807) is 0 Å². The minimum Gasteiger partial charge on any atom is -0.302 e. The summed E-state index contributed by atoms with van der Waals surface area (Å²) >= 11 is 3.49. The van der Waals surface area contributed by atoms with Crippen molar-refractivity contribution in [3.8, 4) is 11.8 Å². The first-order valence-electron chi connectivity index (χ1n) is 4.18. The van der Waals surface area contributed by atoms with Gasteiger partial charge in [0, 0.05) is 11.0 Å². The van der Waals surface area contributed by atoms with Gasteiger partial charge in [-0.25, -0.2) is 0 Å². The van der Waals surface area contributed by atoms with E-state index in [1.807, 2.05) is 25.1 Å². The average Bonchev–Trinajstić information content (AvgIpc) is 2.15. The van der Waals surface area contributed by atoms with Crippen molar-refractivity contribution in [2.45, 2.75) is 13.5 Å². The van der Waals surface area contributed by atoms with Crippen LogP contribution in [0.25, 0.3) is 0 Å². The highest BCUT2D eigenvalue weighted by Crippen LogP contribution is 2.14. The molecule has 1 N–H and O–H groups in total. The number of halogens is 1. The Labute approximate surface area is 87.7 Å². The standard InChI is InChI=1S/C11H12BrN/c1-2-3-8-13-9-10-6-4-5-7-11(10)12/h4-7,13H,8-9H2,1H3. The molecule has 0 atom stereocenters. The largest absolute Gasteiger partial charge is 0.302 e. The van der Waals surface area contributed by atoms with Crippen LogP contribution in [0.5, 0.6) is 0 Å². The zero-order valence-corrected chi connectivity index (χ0v) is 9.19. The summed E-state index contributed by atoms with van der Waals surface area (Å²) in [6, 6.07) is 8.19. The molecule has 1 aromatic rings. The first-order chi connectivity index (χ1) is 6.34. The summed E-state index contributed by atoms with van der Waals surface area (Å²) in [6.07, 6.45) is 0. The average molecular weight is 238 g/mol. The Morgan fingerprint density at radius 2 is 2.15 bits per heavy atom. The molecule has 0 bridgehead atoms. The minimum absolute atomic E-state index is 0.748. The van der Waals surface area contributed by atoms with Crippen LogP contribution in [0.15, 0.2) is 28.7 Å². The second kappa shape index (κ2) is 5.80. The van der Waals surface area contributed by atoms with Crippen molar-refractivity contribution in [1.29, 1.82) is 0 Å². The first-order valence-corrected chi connectivity index (χ1v) is 4.97. The van der Waals surface area contributed by atoms with Crippen molar-refractivity contribution >= 4 is 15.9 Å². The Kier molecular flexibility index (Phi) is 4.59. The molecule has 0 aliphatic heterocycles. The molecule has 1 aromatic carbocycles. The van der Waals surface area contributed by atoms with Crippen molar-refractivity contribution in [2.75, 3.05) is 6.54 Å². The van der Waals surface area contributed by atoms with Crippen molar-refractivity contribution in [3.05, 3.63) is 34.3 Å². The lowest BCUT2D eigenvalue weighted by Crippen LogP contribution is -2.13. The van der Waals surface area contributed by atoms with Crippen LogP contribution in [0.1, 0.15) is 12.5 Å². The highest BCUT2D eigenvalue weighted by atomic mass is 79.9. The van der Waals surface area contributed by atoms with Crippen molar-refractivity contribution < 1.29 is 0 Å². The molecule has 2 heteroatoms. The molecular weight excluding hydrogens is 226 g/mol. The molecule has 0 spiro atoms. The molecule has 0 unspecified atom stereocenters. The van der Waals surface area contributed by atoms with Crippen LogP contribution >= 0.6 is 15.9 Å². The Balaban J connectivity index is 2.44. The van der Waals surface area contributed by atoms with Crippen molar-refractivity contribution in [3.63, 3.8) is 0 Å². The lowest BCUT2D eigenvalue weighted by molar-refractivity contribution is 0.767. The topological polar surface area (TPSA) is 12.0 Å². The molecule has 0 fully saturated rings. The zero-order chi connectivity index (χ0) is 9.52. The lowest BCUT2D eigenvalue weighted by Gasteiger charge is -2.03. The fourth-order valence-corrected chi connectivity index (χ4v) is 1.41. The third-order valence-electron chi connectivity index (χ3n) is 1.66. The molecule has 0 radical (unpaired) electrons. The van der Waals surface area contributed by atoms with Crippen LogP contribution in [0.3, 0.4) is 0 Å². The molecule has 68 valence electrons. The lowest BCUT2D eigenvalue weighted by atomic mass is 10.2. The van der Waals surface area contributed by atoms with Gasteiger partial charge in [-0.2, -0.15) is 0 Å². The maximum absolute atomic E-state index is 3.49. The quantitative estimate of drug-likeness (QED) is 0.630. The van der Waals surface area contributed by atoms with Crippen LogP contribution in [0.4, 0.5) is 0 Å². The minimum atomic E-state index is 0.748. The molecule has 1 rings (SSSR count). The normalized spacial score (nSPS) is 9.08. The second-order valence-corrected chi connectivity index (χ2v) is 3.48. The summed E-state index contributed by atoms with van der Waals surface area (Å²) in [6.45, 7) is 3.45. The maximum Gasteiger partial charge on any atom is 0.0579 e. The van der Waals surface area contributed by atoms with Crippen molar-refractivity contribution in [2.24, 2.45) is 0 Å². The monoisotopic (exact) mass is 237 g/mol. The maximum atomic E-state index is 3.49. The van der Waals surface area contributed by atoms with Gasteiger partial charge in [-0.1, -0.05) is 40.0 Å². The summed E-state index contributed by atoms with van der Waals surface area (Å²) in [5.74, 6) is 5.81. The van der Waals surface area contributed by atoms with E-state index in [4.69, 9.17) is 0 Å². The van der Waals surface area contributed by atoms with Gasteiger partial charge in [-0.3, -0.25) is 0 Å². The van der Waals surface area contributed by atoms with Crippen LogP contribution in [-0.2, 0) is 6.54 Å². The third kappa shape index (κ3) is 3.63. The highest BCUT2D eigenvalue weighted by molar-refractivity contribution is 9.10. The molecule has 0 aliphatic rings. The van der Waals surface area contributed by atoms with E-state index in [1.165, 1.54) is 5.56 Å². The number of hydrogen-bond acceptors (Lipinski definition) is 1. The van der Waals surface area contributed by atoms with E-state index in [2.05, 4.69) is 39.2 Å². The summed E-state index contributed by atoms with van der Waals surface area (Å²) in [4.78, 5) is 0. The van der Waals surface area contributed by atoms with Gasteiger partial charge in [-0.05, 0) is 18.6 Å². The second-order valence-electron chi connectivity index (χ2n) is 2.62. The van der Waals surface area contributed by atoms with Gasteiger partial charge in [0.05, 0.1) is 6.54 Å². The van der Waals surface area contributed by atoms with Gasteiger partial charge in [0.25, 0.3) is 0 Å². The predicted octanol–water partition coefficient (Wildman–Crippen LogP) is 2.56. The van der Waals surface area contributed by atoms with E-state index < -0.39 is 0 Å². The molecule has 0 saturated carbocycles. The molecule has 1 nitrogen and oxygen atoms in total. The van der Waals surface area contributed by atoms with Gasteiger partial charge in [0.2, 0.25) is 0 Å². The molecule has 0 aliphatic carbocycles. The Hall–Kier alpha value is -0.780. The fourth-order valence-electron chi connectivity index (χ4n) is 0.990. The number of benzene rings is 1. The molecule has 0 heterocycles. The fraction of sp³-hybridized carbons (Fsp3) is 0.273. The molecular formula is C11H12BrN. The SMILES string of the molecule is CC#CCNCc1ccccc1Br. The molecule has 0 saturated heterocycles. The number of nitrogens with one attached hydrogen (secondary N) is 1. The van der Waals surface area contributed by atoms with Crippen LogP contribution in [-0.4, -0.2) is 6.54 Å². The van der Waals surface area contributed by atoms with E-state index in [0.717, 1.165) is 17.6 Å². The summed E-state index contributed by atoms with van der Waals surface area (Å²) in [7, 11) is 0. The van der Waals surface area contributed by atoms with Crippen LogP contribution in [0.2, 0.25) is 0 Å². The van der Waals surface area contributed by atoms with E-state index in [9.17, 15) is 0 Å². The van der Waals surface area contributed by atoms with Gasteiger partial charge in [0.1, 0.15) is 0 Å². The summed E-state index contributed by atoms with van der Waals surface area (Å²) in [5, 5.41) is 3.24. The highest BCUT2D eigenvalue weighted by Gasteiger charge is 1.95. The first kappa shape index (κ1) is 10.3. The van der Waals surface area contributed by atoms with Gasteiger partial charge < -0.3 is 5.32 Å². The van der Waals surface area contributed by atoms with Gasteiger partial charge in [-0.15, -0.1) is 5.92 Å². The third-order valence-corrected chi connectivity index (χ3v) is 2.44. The smallest absolute Gasteiger partial charge is 0.0579 e.